The number of nitrogens with zero attached hydrogens (tertiary/aromatic N) is 4. The number of benzene rings is 1. The molecule has 2 amide bonds. The molecule has 5 rings (SSSR count). The summed E-state index contributed by atoms with van der Waals surface area (Å²) in [4.78, 5) is 42.7. The van der Waals surface area contributed by atoms with Gasteiger partial charge in [0, 0.05) is 13.2 Å². The molecule has 3 fully saturated rings. The van der Waals surface area contributed by atoms with Crippen LogP contribution in [0.5, 0.6) is 0 Å². The van der Waals surface area contributed by atoms with E-state index in [2.05, 4.69) is 15.6 Å². The van der Waals surface area contributed by atoms with Gasteiger partial charge in [-0.25, -0.2) is 4.68 Å². The summed E-state index contributed by atoms with van der Waals surface area (Å²) in [5.74, 6) is -2.60. The van der Waals surface area contributed by atoms with Crippen LogP contribution in [0, 0.1) is 17.8 Å². The number of rotatable bonds is 11. The van der Waals surface area contributed by atoms with Gasteiger partial charge in [-0.2, -0.15) is 0 Å². The standard InChI is InChI=1S/C27H37N5O6/c1-4-37-25(36)21-20-24(35)31(13-9-5-6-10-14-33)22(27(20)15-17(2)26(21,3)38-27)23(34)28-16-32-19-12-8-7-11-18(19)29-30-32/h7-8,11-12,17,20-22,33H,4-6,9-10,13-16H2,1-3H3,(H,28,34)/t17?,20-,21+,22?,26-,27?/m0/s1. The first-order chi connectivity index (χ1) is 18.3. The summed E-state index contributed by atoms with van der Waals surface area (Å²) in [6.07, 6.45) is 3.53. The predicted octanol–water partition coefficient (Wildman–Crippen LogP) is 1.63. The smallest absolute Gasteiger partial charge is 0.312 e. The van der Waals surface area contributed by atoms with Crippen molar-refractivity contribution in [3.63, 3.8) is 0 Å². The zero-order valence-corrected chi connectivity index (χ0v) is 22.3. The average Bonchev–Trinajstić information content (AvgIpc) is 3.56. The molecule has 3 aliphatic rings. The molecule has 206 valence electrons. The third kappa shape index (κ3) is 4.07. The van der Waals surface area contributed by atoms with Crippen LogP contribution in [0.25, 0.3) is 11.0 Å². The molecule has 1 spiro atoms. The lowest BCUT2D eigenvalue weighted by Gasteiger charge is -2.35. The van der Waals surface area contributed by atoms with E-state index in [1.807, 2.05) is 38.1 Å². The van der Waals surface area contributed by atoms with Gasteiger partial charge >= 0.3 is 5.97 Å². The van der Waals surface area contributed by atoms with Crippen molar-refractivity contribution in [3.05, 3.63) is 24.3 Å². The van der Waals surface area contributed by atoms with E-state index in [4.69, 9.17) is 14.6 Å². The molecule has 3 saturated heterocycles. The largest absolute Gasteiger partial charge is 0.466 e. The minimum absolute atomic E-state index is 0.0416. The number of carbonyl (C=O) groups is 3. The minimum atomic E-state index is -1.11. The SMILES string of the molecule is CCOC(=O)[C@H]1[C@H]2C(=O)N(CCCCCCO)C(C(=O)NCn3nnc4ccccc43)C23CC(C)[C@]1(C)O3. The van der Waals surface area contributed by atoms with Gasteiger partial charge in [-0.1, -0.05) is 37.1 Å². The summed E-state index contributed by atoms with van der Waals surface area (Å²) in [6, 6.07) is 6.60. The Morgan fingerprint density at radius 2 is 2.00 bits per heavy atom. The molecule has 11 nitrogen and oxygen atoms in total. The number of likely N-dealkylation sites (tertiary alicyclic amines) is 1. The van der Waals surface area contributed by atoms with Gasteiger partial charge in [0.25, 0.3) is 0 Å². The van der Waals surface area contributed by atoms with Crippen LogP contribution in [-0.2, 0) is 30.5 Å². The summed E-state index contributed by atoms with van der Waals surface area (Å²) in [6.45, 7) is 6.41. The summed E-state index contributed by atoms with van der Waals surface area (Å²) in [5.41, 5.74) is -0.491. The number of aliphatic hydroxyl groups excluding tert-OH is 1. The lowest BCUT2D eigenvalue weighted by molar-refractivity contribution is -0.161. The van der Waals surface area contributed by atoms with Crippen molar-refractivity contribution < 1.29 is 29.0 Å². The number of esters is 1. The summed E-state index contributed by atoms with van der Waals surface area (Å²) in [5, 5.41) is 20.4. The molecule has 11 heteroatoms. The Hall–Kier alpha value is -3.05. The van der Waals surface area contributed by atoms with Crippen molar-refractivity contribution in [1.29, 1.82) is 0 Å². The predicted molar refractivity (Wildman–Crippen MR) is 136 cm³/mol. The molecule has 4 heterocycles. The van der Waals surface area contributed by atoms with Crippen molar-refractivity contribution in [1.82, 2.24) is 25.2 Å². The second-order valence-electron chi connectivity index (χ2n) is 10.9. The molecule has 0 aliphatic carbocycles. The third-order valence-corrected chi connectivity index (χ3v) is 8.73. The molecular weight excluding hydrogens is 490 g/mol. The number of para-hydroxylation sites is 1. The number of fused-ring (bicyclic) bond motifs is 2. The van der Waals surface area contributed by atoms with Gasteiger partial charge in [0.1, 0.15) is 29.7 Å². The highest BCUT2D eigenvalue weighted by Gasteiger charge is 2.80. The molecule has 3 unspecified atom stereocenters. The van der Waals surface area contributed by atoms with Crippen LogP contribution in [0.1, 0.15) is 52.9 Å². The van der Waals surface area contributed by atoms with Crippen LogP contribution < -0.4 is 5.32 Å². The average molecular weight is 528 g/mol. The molecule has 3 aliphatic heterocycles. The molecular formula is C27H37N5O6. The molecule has 1 aromatic heterocycles. The summed E-state index contributed by atoms with van der Waals surface area (Å²) >= 11 is 0. The normalized spacial score (nSPS) is 31.7. The molecule has 2 aromatic rings. The molecule has 1 aromatic carbocycles. The number of aromatic nitrogens is 3. The topological polar surface area (TPSA) is 136 Å². The Labute approximate surface area is 221 Å². The van der Waals surface area contributed by atoms with E-state index in [1.165, 1.54) is 0 Å². The van der Waals surface area contributed by atoms with Crippen molar-refractivity contribution in [2.45, 2.75) is 76.8 Å². The quantitative estimate of drug-likeness (QED) is 0.333. The first-order valence-corrected chi connectivity index (χ1v) is 13.6. The van der Waals surface area contributed by atoms with Crippen LogP contribution in [0.2, 0.25) is 0 Å². The van der Waals surface area contributed by atoms with E-state index in [1.54, 1.807) is 16.5 Å². The number of unbranched alkanes of at least 4 members (excludes halogenated alkanes) is 3. The number of hydrogen-bond acceptors (Lipinski definition) is 8. The fraction of sp³-hybridized carbons (Fsp3) is 0.667. The van der Waals surface area contributed by atoms with E-state index >= 15 is 0 Å². The maximum atomic E-state index is 14.0. The highest BCUT2D eigenvalue weighted by Crippen LogP contribution is 2.65. The van der Waals surface area contributed by atoms with Crippen molar-refractivity contribution in [2.24, 2.45) is 17.8 Å². The number of nitrogens with one attached hydrogen (secondary N) is 1. The second kappa shape index (κ2) is 10.3. The van der Waals surface area contributed by atoms with Crippen LogP contribution in [-0.4, -0.2) is 79.8 Å². The monoisotopic (exact) mass is 527 g/mol. The fourth-order valence-corrected chi connectivity index (χ4v) is 6.90. The van der Waals surface area contributed by atoms with Gasteiger partial charge in [0.05, 0.1) is 23.6 Å². The zero-order chi connectivity index (χ0) is 27.1. The van der Waals surface area contributed by atoms with Crippen LogP contribution in [0.4, 0.5) is 0 Å². The molecule has 0 saturated carbocycles. The van der Waals surface area contributed by atoms with Crippen molar-refractivity contribution in [3.8, 4) is 0 Å². The Kier molecular flexibility index (Phi) is 7.17. The van der Waals surface area contributed by atoms with Gasteiger partial charge in [0.15, 0.2) is 0 Å². The van der Waals surface area contributed by atoms with E-state index < -0.39 is 35.0 Å². The molecule has 0 radical (unpaired) electrons. The third-order valence-electron chi connectivity index (χ3n) is 8.73. The summed E-state index contributed by atoms with van der Waals surface area (Å²) in [7, 11) is 0. The van der Waals surface area contributed by atoms with Gasteiger partial charge in [-0.05, 0) is 51.2 Å². The maximum Gasteiger partial charge on any atom is 0.312 e. The lowest BCUT2D eigenvalue weighted by atomic mass is 9.62. The number of ether oxygens (including phenoxy) is 2. The Morgan fingerprint density at radius 3 is 2.76 bits per heavy atom. The highest BCUT2D eigenvalue weighted by molar-refractivity contribution is 5.98. The van der Waals surface area contributed by atoms with Gasteiger partial charge in [-0.3, -0.25) is 14.4 Å². The number of aliphatic hydroxyl groups is 1. The Morgan fingerprint density at radius 1 is 1.24 bits per heavy atom. The van der Waals surface area contributed by atoms with Gasteiger partial charge in [0.2, 0.25) is 11.8 Å². The van der Waals surface area contributed by atoms with Crippen LogP contribution >= 0.6 is 0 Å². The Balaban J connectivity index is 1.44. The van der Waals surface area contributed by atoms with Gasteiger partial charge in [-0.15, -0.1) is 5.10 Å². The number of carbonyl (C=O) groups excluding carboxylic acids is 3. The zero-order valence-electron chi connectivity index (χ0n) is 22.3. The second-order valence-corrected chi connectivity index (χ2v) is 10.9. The van der Waals surface area contributed by atoms with E-state index in [-0.39, 0.29) is 37.6 Å². The lowest BCUT2D eigenvalue weighted by Crippen LogP contribution is -2.55. The Bertz CT molecular complexity index is 1220. The van der Waals surface area contributed by atoms with E-state index in [9.17, 15) is 14.4 Å². The maximum absolute atomic E-state index is 14.0. The van der Waals surface area contributed by atoms with Crippen molar-refractivity contribution >= 4 is 28.8 Å². The summed E-state index contributed by atoms with van der Waals surface area (Å²) < 4.78 is 13.7. The van der Waals surface area contributed by atoms with Gasteiger partial charge < -0.3 is 24.8 Å². The van der Waals surface area contributed by atoms with E-state index in [0.717, 1.165) is 23.9 Å². The molecule has 2 bridgehead atoms. The highest BCUT2D eigenvalue weighted by atomic mass is 16.6. The number of amides is 2. The van der Waals surface area contributed by atoms with Crippen LogP contribution in [0.15, 0.2) is 24.3 Å². The fourth-order valence-electron chi connectivity index (χ4n) is 6.90. The molecule has 38 heavy (non-hydrogen) atoms. The minimum Gasteiger partial charge on any atom is -0.466 e. The van der Waals surface area contributed by atoms with E-state index in [0.29, 0.717) is 25.8 Å². The van der Waals surface area contributed by atoms with Crippen molar-refractivity contribution in [2.75, 3.05) is 19.8 Å². The molecule has 2 N–H and O–H groups in total. The number of hydrogen-bond donors (Lipinski definition) is 2. The van der Waals surface area contributed by atoms with Crippen LogP contribution in [0.3, 0.4) is 0 Å². The first kappa shape index (κ1) is 26.6. The molecule has 6 atom stereocenters. The first-order valence-electron chi connectivity index (χ1n) is 13.6.